The van der Waals surface area contributed by atoms with Crippen molar-refractivity contribution in [2.24, 2.45) is 9.98 Å². The largest absolute Gasteiger partial charge is 0.456 e. The van der Waals surface area contributed by atoms with Gasteiger partial charge in [-0.15, -0.1) is 0 Å². The second kappa shape index (κ2) is 12.8. The number of allylic oxidation sites excluding steroid dienone is 2. The molecule has 0 saturated heterocycles. The third kappa shape index (κ3) is 5.25. The minimum atomic E-state index is -0.236. The SMILES string of the molecule is C1=C(C2N=C(c3ccccc3)N=C(c3ccccc3)N2)C=C2Sc3cc(-c4cccc5oc6ccc(-n7c8ccccc8c8ccccc87)cc6c45)ccc3C2C1. The average molecular weight is 751 g/mol. The van der Waals surface area contributed by atoms with Crippen LogP contribution >= 0.6 is 11.8 Å². The van der Waals surface area contributed by atoms with Crippen molar-refractivity contribution in [2.75, 3.05) is 0 Å². The highest BCUT2D eigenvalue weighted by molar-refractivity contribution is 8.03. The van der Waals surface area contributed by atoms with Crippen LogP contribution in [-0.2, 0) is 0 Å². The predicted octanol–water partition coefficient (Wildman–Crippen LogP) is 12.6. The summed E-state index contributed by atoms with van der Waals surface area (Å²) in [5.74, 6) is 1.92. The lowest BCUT2D eigenvalue weighted by atomic mass is 9.88. The summed E-state index contributed by atoms with van der Waals surface area (Å²) in [6.07, 6.45) is 5.42. The lowest BCUT2D eigenvalue weighted by molar-refractivity contribution is 0.669. The Morgan fingerprint density at radius 2 is 1.37 bits per heavy atom. The molecule has 2 aliphatic heterocycles. The molecule has 2 aromatic heterocycles. The minimum absolute atomic E-state index is 0.236. The second-order valence-electron chi connectivity index (χ2n) is 14.9. The number of furan rings is 1. The summed E-state index contributed by atoms with van der Waals surface area (Å²) in [5.41, 5.74) is 12.3. The molecule has 57 heavy (non-hydrogen) atoms. The summed E-state index contributed by atoms with van der Waals surface area (Å²) < 4.78 is 8.89. The van der Waals surface area contributed by atoms with Gasteiger partial charge in [0.1, 0.15) is 23.2 Å². The third-order valence-electron chi connectivity index (χ3n) is 11.6. The Hall–Kier alpha value is -6.89. The van der Waals surface area contributed by atoms with E-state index in [1.54, 1.807) is 0 Å². The normalized spacial score (nSPS) is 17.5. The maximum Gasteiger partial charge on any atom is 0.159 e. The van der Waals surface area contributed by atoms with Gasteiger partial charge in [-0.1, -0.05) is 139 Å². The summed E-state index contributed by atoms with van der Waals surface area (Å²) in [5, 5.41) is 8.43. The number of amidine groups is 2. The number of rotatable bonds is 5. The maximum absolute atomic E-state index is 6.52. The van der Waals surface area contributed by atoms with Gasteiger partial charge < -0.3 is 14.3 Å². The number of aromatic nitrogens is 1. The Balaban J connectivity index is 0.902. The third-order valence-corrected chi connectivity index (χ3v) is 12.8. The standard InChI is InChI=1S/C51H34N4OS/c1-3-12-31(13-4-1)49-52-50(32-14-5-2-6-15-32)54-51(53-49)34-23-26-40-39-25-22-33(28-46(39)57-47(40)29-34)36-18-11-21-45-48(36)41-30-35(24-27-44(41)56-45)55-42-19-9-7-16-37(42)38-17-8-10-20-43(38)55/h1-25,27-30,40,51H,26H2,(H,52,53,54). The number of para-hydroxylation sites is 2. The number of nitrogens with one attached hydrogen (secondary N) is 1. The molecule has 1 N–H and O–H groups in total. The van der Waals surface area contributed by atoms with E-state index in [1.165, 1.54) is 53.9 Å². The molecular weight excluding hydrogens is 717 g/mol. The molecule has 0 saturated carbocycles. The Morgan fingerprint density at radius 3 is 2.16 bits per heavy atom. The van der Waals surface area contributed by atoms with Gasteiger partial charge in [0.2, 0.25) is 0 Å². The quantitative estimate of drug-likeness (QED) is 0.191. The van der Waals surface area contributed by atoms with E-state index in [0.29, 0.717) is 5.92 Å². The summed E-state index contributed by atoms with van der Waals surface area (Å²) in [6.45, 7) is 0. The van der Waals surface area contributed by atoms with Gasteiger partial charge in [0.25, 0.3) is 0 Å². The van der Waals surface area contributed by atoms with Gasteiger partial charge in [-0.3, -0.25) is 0 Å². The zero-order chi connectivity index (χ0) is 37.5. The van der Waals surface area contributed by atoms with Crippen LogP contribution in [-0.4, -0.2) is 22.4 Å². The number of fused-ring (bicyclic) bond motifs is 9. The maximum atomic E-state index is 6.52. The fraction of sp³-hybridized carbons (Fsp3) is 0.0588. The van der Waals surface area contributed by atoms with Crippen molar-refractivity contribution in [1.29, 1.82) is 0 Å². The molecule has 1 aliphatic carbocycles. The second-order valence-corrected chi connectivity index (χ2v) is 16.0. The van der Waals surface area contributed by atoms with E-state index in [9.17, 15) is 0 Å². The van der Waals surface area contributed by atoms with Crippen LogP contribution in [0.3, 0.4) is 0 Å². The van der Waals surface area contributed by atoms with Crippen LogP contribution in [0.1, 0.15) is 29.0 Å². The Kier molecular flexibility index (Phi) is 7.29. The molecular formula is C51H34N4OS. The molecule has 6 heteroatoms. The van der Waals surface area contributed by atoms with E-state index >= 15 is 0 Å². The molecule has 0 fully saturated rings. The van der Waals surface area contributed by atoms with Gasteiger partial charge in [0, 0.05) is 49.2 Å². The highest BCUT2D eigenvalue weighted by atomic mass is 32.2. The van der Waals surface area contributed by atoms with Crippen molar-refractivity contribution in [3.8, 4) is 16.8 Å². The summed E-state index contributed by atoms with van der Waals surface area (Å²) in [7, 11) is 0. The van der Waals surface area contributed by atoms with E-state index < -0.39 is 0 Å². The van der Waals surface area contributed by atoms with Crippen molar-refractivity contribution in [3.63, 3.8) is 0 Å². The molecule has 7 aromatic carbocycles. The van der Waals surface area contributed by atoms with Gasteiger partial charge in [-0.25, -0.2) is 9.98 Å². The number of nitrogens with zero attached hydrogens (tertiary/aromatic N) is 3. The Bertz CT molecular complexity index is 3170. The molecule has 12 rings (SSSR count). The molecule has 270 valence electrons. The van der Waals surface area contributed by atoms with Gasteiger partial charge >= 0.3 is 0 Å². The predicted molar refractivity (Wildman–Crippen MR) is 236 cm³/mol. The van der Waals surface area contributed by atoms with Crippen LogP contribution in [0, 0.1) is 0 Å². The van der Waals surface area contributed by atoms with Crippen molar-refractivity contribution in [2.45, 2.75) is 23.4 Å². The molecule has 9 aromatic rings. The fourth-order valence-corrected chi connectivity index (χ4v) is 10.3. The van der Waals surface area contributed by atoms with Crippen LogP contribution in [0.15, 0.2) is 206 Å². The number of thioether (sulfide) groups is 1. The zero-order valence-corrected chi connectivity index (χ0v) is 31.6. The smallest absolute Gasteiger partial charge is 0.159 e. The minimum Gasteiger partial charge on any atom is -0.456 e. The fourth-order valence-electron chi connectivity index (χ4n) is 8.94. The summed E-state index contributed by atoms with van der Waals surface area (Å²) in [4.78, 5) is 12.8. The van der Waals surface area contributed by atoms with Gasteiger partial charge in [-0.2, -0.15) is 0 Å². The van der Waals surface area contributed by atoms with Crippen molar-refractivity contribution in [1.82, 2.24) is 9.88 Å². The van der Waals surface area contributed by atoms with Crippen molar-refractivity contribution >= 4 is 67.2 Å². The highest BCUT2D eigenvalue weighted by Gasteiger charge is 2.33. The number of benzene rings is 7. The average Bonchev–Trinajstić information content (AvgIpc) is 3.95. The van der Waals surface area contributed by atoms with Crippen LogP contribution in [0.25, 0.3) is 60.6 Å². The van der Waals surface area contributed by atoms with Crippen molar-refractivity contribution < 1.29 is 4.42 Å². The first-order chi connectivity index (χ1) is 28.2. The molecule has 4 heterocycles. The van der Waals surface area contributed by atoms with E-state index in [-0.39, 0.29) is 6.17 Å². The highest BCUT2D eigenvalue weighted by Crippen LogP contribution is 2.54. The number of hydrogen-bond acceptors (Lipinski definition) is 5. The number of aliphatic imine (C=N–C) groups is 2. The molecule has 3 aliphatic rings. The summed E-state index contributed by atoms with van der Waals surface area (Å²) >= 11 is 1.89. The molecule has 0 radical (unpaired) electrons. The molecule has 0 bridgehead atoms. The zero-order valence-electron chi connectivity index (χ0n) is 30.8. The first kappa shape index (κ1) is 32.4. The Labute approximate surface area is 333 Å². The molecule has 2 unspecified atom stereocenters. The Morgan fingerprint density at radius 1 is 0.632 bits per heavy atom. The lowest BCUT2D eigenvalue weighted by Crippen LogP contribution is -2.40. The monoisotopic (exact) mass is 750 g/mol. The lowest BCUT2D eigenvalue weighted by Gasteiger charge is -2.27. The van der Waals surface area contributed by atoms with Crippen LogP contribution in [0.5, 0.6) is 0 Å². The van der Waals surface area contributed by atoms with Gasteiger partial charge in [0.15, 0.2) is 5.84 Å². The van der Waals surface area contributed by atoms with E-state index in [4.69, 9.17) is 14.4 Å². The van der Waals surface area contributed by atoms with E-state index in [1.807, 2.05) is 36.0 Å². The van der Waals surface area contributed by atoms with Crippen LogP contribution in [0.2, 0.25) is 0 Å². The van der Waals surface area contributed by atoms with Crippen LogP contribution in [0.4, 0.5) is 0 Å². The molecule has 5 nitrogen and oxygen atoms in total. The van der Waals surface area contributed by atoms with E-state index in [2.05, 4.69) is 162 Å². The summed E-state index contributed by atoms with van der Waals surface area (Å²) in [6, 6.07) is 58.0. The molecule has 0 spiro atoms. The molecule has 2 atom stereocenters. The van der Waals surface area contributed by atoms with E-state index in [0.717, 1.165) is 56.8 Å². The topological polar surface area (TPSA) is 54.8 Å². The first-order valence-electron chi connectivity index (χ1n) is 19.4. The van der Waals surface area contributed by atoms with Crippen molar-refractivity contribution in [3.05, 3.63) is 203 Å². The number of hydrogen-bond donors (Lipinski definition) is 1. The van der Waals surface area contributed by atoms with Gasteiger partial charge in [-0.05, 0) is 82.1 Å². The first-order valence-corrected chi connectivity index (χ1v) is 20.3. The van der Waals surface area contributed by atoms with Gasteiger partial charge in [0.05, 0.1) is 11.0 Å². The molecule has 0 amide bonds. The van der Waals surface area contributed by atoms with Crippen LogP contribution < -0.4 is 5.32 Å².